The van der Waals surface area contributed by atoms with Crippen molar-refractivity contribution in [3.8, 4) is 5.75 Å². The maximum absolute atomic E-state index is 14.5. The van der Waals surface area contributed by atoms with Crippen LogP contribution in [0.1, 0.15) is 37.6 Å². The first-order valence-electron chi connectivity index (χ1n) is 7.95. The molecule has 2 amide bonds. The van der Waals surface area contributed by atoms with E-state index in [1.165, 1.54) is 11.0 Å². The highest BCUT2D eigenvalue weighted by Gasteiger charge is 2.35. The molecule has 0 bridgehead atoms. The van der Waals surface area contributed by atoms with Crippen molar-refractivity contribution in [2.45, 2.75) is 45.1 Å². The number of piperidine rings is 1. The van der Waals surface area contributed by atoms with E-state index in [9.17, 15) is 14.0 Å². The van der Waals surface area contributed by atoms with Gasteiger partial charge in [0.2, 0.25) is 0 Å². The van der Waals surface area contributed by atoms with Gasteiger partial charge >= 0.3 is 6.09 Å². The third-order valence-corrected chi connectivity index (χ3v) is 4.11. The number of carbonyl (C=O) groups excluding carboxylic acids is 2. The number of benzene rings is 1. The number of alkyl halides is 1. The minimum atomic E-state index is -1.40. The van der Waals surface area contributed by atoms with Crippen LogP contribution in [-0.4, -0.2) is 47.9 Å². The monoisotopic (exact) mass is 416 g/mol. The number of rotatable bonds is 3. The molecule has 0 saturated carbocycles. The molecule has 6 nitrogen and oxygen atoms in total. The van der Waals surface area contributed by atoms with Gasteiger partial charge in [-0.2, -0.15) is 0 Å². The van der Waals surface area contributed by atoms with E-state index in [1.807, 2.05) is 0 Å². The second kappa shape index (κ2) is 7.59. The summed E-state index contributed by atoms with van der Waals surface area (Å²) in [4.78, 5) is 24.9. The van der Waals surface area contributed by atoms with Crippen molar-refractivity contribution in [1.82, 2.24) is 4.90 Å². The maximum atomic E-state index is 14.5. The molecule has 25 heavy (non-hydrogen) atoms. The van der Waals surface area contributed by atoms with E-state index in [0.717, 1.165) is 0 Å². The van der Waals surface area contributed by atoms with Crippen molar-refractivity contribution in [1.29, 1.82) is 0 Å². The quantitative estimate of drug-likeness (QED) is 0.819. The number of hydrogen-bond donors (Lipinski definition) is 1. The minimum Gasteiger partial charge on any atom is -0.486 e. The van der Waals surface area contributed by atoms with Crippen LogP contribution in [0.4, 0.5) is 9.18 Å². The van der Waals surface area contributed by atoms with Crippen molar-refractivity contribution < 1.29 is 23.5 Å². The lowest BCUT2D eigenvalue weighted by Crippen LogP contribution is -2.50. The van der Waals surface area contributed by atoms with Crippen LogP contribution in [0.25, 0.3) is 0 Å². The Morgan fingerprint density at radius 2 is 2.04 bits per heavy atom. The Morgan fingerprint density at radius 1 is 1.36 bits per heavy atom. The molecule has 0 spiro atoms. The van der Waals surface area contributed by atoms with E-state index in [2.05, 4.69) is 15.9 Å². The van der Waals surface area contributed by atoms with Crippen molar-refractivity contribution in [3.63, 3.8) is 0 Å². The fourth-order valence-electron chi connectivity index (χ4n) is 2.47. The Kier molecular flexibility index (Phi) is 5.92. The zero-order valence-corrected chi connectivity index (χ0v) is 16.0. The van der Waals surface area contributed by atoms with Gasteiger partial charge < -0.3 is 20.1 Å². The van der Waals surface area contributed by atoms with Crippen LogP contribution in [0, 0.1) is 0 Å². The molecular weight excluding hydrogens is 395 g/mol. The van der Waals surface area contributed by atoms with E-state index in [-0.39, 0.29) is 24.3 Å². The van der Waals surface area contributed by atoms with Crippen LogP contribution in [0.15, 0.2) is 22.7 Å². The molecule has 2 N–H and O–H groups in total. The molecule has 8 heteroatoms. The highest BCUT2D eigenvalue weighted by molar-refractivity contribution is 9.10. The minimum absolute atomic E-state index is 0.123. The van der Waals surface area contributed by atoms with E-state index < -0.39 is 29.9 Å². The van der Waals surface area contributed by atoms with Gasteiger partial charge in [-0.3, -0.25) is 4.79 Å². The number of nitrogens with two attached hydrogens (primary N) is 1. The van der Waals surface area contributed by atoms with Crippen LogP contribution in [0.2, 0.25) is 0 Å². The number of amides is 2. The molecule has 1 aromatic rings. The number of nitrogens with zero attached hydrogens (tertiary/aromatic N) is 1. The number of carbonyl (C=O) groups is 2. The highest BCUT2D eigenvalue weighted by Crippen LogP contribution is 2.27. The first-order valence-corrected chi connectivity index (χ1v) is 8.74. The Bertz CT molecular complexity index is 663. The third-order valence-electron chi connectivity index (χ3n) is 3.62. The largest absolute Gasteiger partial charge is 0.486 e. The van der Waals surface area contributed by atoms with Crippen molar-refractivity contribution in [3.05, 3.63) is 28.2 Å². The molecule has 1 aliphatic heterocycles. The highest BCUT2D eigenvalue weighted by atomic mass is 79.9. The molecule has 0 radical (unpaired) electrons. The number of halogens is 2. The summed E-state index contributed by atoms with van der Waals surface area (Å²) < 4.78 is 26.1. The Hall–Kier alpha value is -1.83. The predicted octanol–water partition coefficient (Wildman–Crippen LogP) is 3.27. The Balaban J connectivity index is 2.03. The van der Waals surface area contributed by atoms with Gasteiger partial charge in [0.15, 0.2) is 6.17 Å². The van der Waals surface area contributed by atoms with Gasteiger partial charge in [0.1, 0.15) is 17.5 Å². The molecule has 1 fully saturated rings. The van der Waals surface area contributed by atoms with Crippen LogP contribution >= 0.6 is 15.9 Å². The second-order valence-electron chi connectivity index (χ2n) is 6.89. The van der Waals surface area contributed by atoms with Gasteiger partial charge in [-0.1, -0.05) is 15.9 Å². The van der Waals surface area contributed by atoms with Crippen LogP contribution in [0.3, 0.4) is 0 Å². The van der Waals surface area contributed by atoms with Crippen molar-refractivity contribution >= 4 is 27.9 Å². The van der Waals surface area contributed by atoms with E-state index in [0.29, 0.717) is 11.0 Å². The lowest BCUT2D eigenvalue weighted by atomic mass is 10.1. The van der Waals surface area contributed by atoms with Crippen LogP contribution < -0.4 is 10.5 Å². The average molecular weight is 417 g/mol. The molecule has 0 aromatic heterocycles. The summed E-state index contributed by atoms with van der Waals surface area (Å²) in [6, 6.07) is 4.78. The van der Waals surface area contributed by atoms with Crippen molar-refractivity contribution in [2.24, 2.45) is 5.73 Å². The zero-order valence-electron chi connectivity index (χ0n) is 14.4. The smallest absolute Gasteiger partial charge is 0.410 e. The third kappa shape index (κ3) is 5.32. The summed E-state index contributed by atoms with van der Waals surface area (Å²) in [6.07, 6.45) is -2.42. The summed E-state index contributed by atoms with van der Waals surface area (Å²) in [6.45, 7) is 5.45. The summed E-state index contributed by atoms with van der Waals surface area (Å²) in [5.74, 6) is -0.424. The van der Waals surface area contributed by atoms with Crippen LogP contribution in [-0.2, 0) is 4.74 Å². The molecule has 1 aliphatic rings. The van der Waals surface area contributed by atoms with E-state index in [4.69, 9.17) is 15.2 Å². The van der Waals surface area contributed by atoms with Gasteiger partial charge in [0.25, 0.3) is 5.91 Å². The van der Waals surface area contributed by atoms with Gasteiger partial charge in [0.05, 0.1) is 12.1 Å². The topological polar surface area (TPSA) is 81.9 Å². The van der Waals surface area contributed by atoms with Gasteiger partial charge in [-0.15, -0.1) is 0 Å². The SMILES string of the molecule is CC(C)(C)OC(=O)N1CC[C@@H](Oc2ccc(Br)cc2C(N)=O)[C@@H](F)C1. The summed E-state index contributed by atoms with van der Waals surface area (Å²) in [5.41, 5.74) is 4.88. The van der Waals surface area contributed by atoms with E-state index >= 15 is 0 Å². The molecule has 1 saturated heterocycles. The molecule has 2 atom stereocenters. The van der Waals surface area contributed by atoms with Gasteiger partial charge in [0, 0.05) is 17.4 Å². The first kappa shape index (κ1) is 19.5. The zero-order chi connectivity index (χ0) is 18.8. The van der Waals surface area contributed by atoms with Crippen LogP contribution in [0.5, 0.6) is 5.75 Å². The second-order valence-corrected chi connectivity index (χ2v) is 7.81. The lowest BCUT2D eigenvalue weighted by molar-refractivity contribution is -0.0106. The van der Waals surface area contributed by atoms with E-state index in [1.54, 1.807) is 32.9 Å². The summed E-state index contributed by atoms with van der Waals surface area (Å²) in [5, 5.41) is 0. The average Bonchev–Trinajstić information content (AvgIpc) is 2.48. The molecule has 138 valence electrons. The number of ether oxygens (including phenoxy) is 2. The normalized spacial score (nSPS) is 20.9. The van der Waals surface area contributed by atoms with Crippen molar-refractivity contribution in [2.75, 3.05) is 13.1 Å². The molecule has 1 heterocycles. The number of primary amides is 1. The fraction of sp³-hybridized carbons (Fsp3) is 0.529. The number of likely N-dealkylation sites (tertiary alicyclic amines) is 1. The predicted molar refractivity (Wildman–Crippen MR) is 94.4 cm³/mol. The van der Waals surface area contributed by atoms with Gasteiger partial charge in [-0.25, -0.2) is 9.18 Å². The number of hydrogen-bond acceptors (Lipinski definition) is 4. The Labute approximate surface area is 154 Å². The lowest BCUT2D eigenvalue weighted by Gasteiger charge is -2.35. The summed E-state index contributed by atoms with van der Waals surface area (Å²) >= 11 is 3.25. The molecule has 1 aromatic carbocycles. The summed E-state index contributed by atoms with van der Waals surface area (Å²) in [7, 11) is 0. The molecule has 0 unspecified atom stereocenters. The Morgan fingerprint density at radius 3 is 2.60 bits per heavy atom. The first-order chi connectivity index (χ1) is 11.6. The standard InChI is InChI=1S/C17H22BrFN2O4/c1-17(2,3)25-16(23)21-7-6-14(12(19)9-21)24-13-5-4-10(18)8-11(13)15(20)22/h4-5,8,12,14H,6-7,9H2,1-3H3,(H2,20,22)/t12-,14+/m0/s1. The molecule has 2 rings (SSSR count). The van der Waals surface area contributed by atoms with Gasteiger partial charge in [-0.05, 0) is 39.0 Å². The molecule has 0 aliphatic carbocycles. The molecular formula is C17H22BrFN2O4. The fourth-order valence-corrected chi connectivity index (χ4v) is 2.83. The maximum Gasteiger partial charge on any atom is 0.410 e.